The molecule has 2 rings (SSSR count). The van der Waals surface area contributed by atoms with E-state index in [1.165, 1.54) is 5.56 Å². The van der Waals surface area contributed by atoms with Crippen molar-refractivity contribution in [3.05, 3.63) is 29.3 Å². The lowest BCUT2D eigenvalue weighted by molar-refractivity contribution is 0.107. The Bertz CT molecular complexity index is 635. The van der Waals surface area contributed by atoms with Crippen molar-refractivity contribution in [2.45, 2.75) is 33.6 Å². The predicted molar refractivity (Wildman–Crippen MR) is 101 cm³/mol. The largest absolute Gasteiger partial charge is 0.450 e. The molecular formula is C17H24N4O2S. The first kappa shape index (κ1) is 18.2. The van der Waals surface area contributed by atoms with E-state index in [2.05, 4.69) is 28.8 Å². The van der Waals surface area contributed by atoms with Crippen LogP contribution in [0.3, 0.4) is 0 Å². The number of carbonyl (C=O) groups is 1. The van der Waals surface area contributed by atoms with Crippen molar-refractivity contribution >= 4 is 34.8 Å². The quantitative estimate of drug-likeness (QED) is 0.649. The molecule has 130 valence electrons. The van der Waals surface area contributed by atoms with E-state index in [9.17, 15) is 4.79 Å². The molecule has 1 aliphatic rings. The Labute approximate surface area is 148 Å². The molecule has 6 nitrogen and oxygen atoms in total. The van der Waals surface area contributed by atoms with Gasteiger partial charge in [0, 0.05) is 37.3 Å². The van der Waals surface area contributed by atoms with Crippen LogP contribution in [0.1, 0.15) is 30.9 Å². The molecular weight excluding hydrogens is 324 g/mol. The van der Waals surface area contributed by atoms with Crippen LogP contribution in [-0.4, -0.2) is 41.5 Å². The highest BCUT2D eigenvalue weighted by Gasteiger charge is 2.20. The Hall–Kier alpha value is -2.15. The highest BCUT2D eigenvalue weighted by atomic mass is 32.1. The standard InChI is InChI=1S/C17H24N4O2S/c1-4-23-17(22)21-9-7-14(8-10-21)19-20-16(24)18-15-6-5-12(2)11-13(15)3/h5-6,11H,4,7-10H2,1-3H3,(H2,18,20,24). The molecule has 0 atom stereocenters. The second-order valence-electron chi connectivity index (χ2n) is 5.75. The van der Waals surface area contributed by atoms with Gasteiger partial charge in [-0.1, -0.05) is 17.7 Å². The van der Waals surface area contributed by atoms with Crippen LogP contribution in [-0.2, 0) is 4.74 Å². The number of carbonyl (C=O) groups excluding carboxylic acids is 1. The highest BCUT2D eigenvalue weighted by molar-refractivity contribution is 7.80. The summed E-state index contributed by atoms with van der Waals surface area (Å²) >= 11 is 5.28. The fraction of sp³-hybridized carbons (Fsp3) is 0.471. The van der Waals surface area contributed by atoms with E-state index >= 15 is 0 Å². The van der Waals surface area contributed by atoms with Crippen molar-refractivity contribution in [2.24, 2.45) is 5.10 Å². The van der Waals surface area contributed by atoms with Gasteiger partial charge in [0.2, 0.25) is 0 Å². The third-order valence-corrected chi connectivity index (χ3v) is 4.01. The van der Waals surface area contributed by atoms with E-state index in [4.69, 9.17) is 17.0 Å². The van der Waals surface area contributed by atoms with Gasteiger partial charge >= 0.3 is 6.09 Å². The van der Waals surface area contributed by atoms with Gasteiger partial charge in [0.15, 0.2) is 5.11 Å². The summed E-state index contributed by atoms with van der Waals surface area (Å²) in [6.07, 6.45) is 1.19. The molecule has 0 bridgehead atoms. The zero-order valence-corrected chi connectivity index (χ0v) is 15.2. The number of anilines is 1. The number of hydrazone groups is 1. The minimum atomic E-state index is -0.253. The van der Waals surface area contributed by atoms with Crippen LogP contribution in [0.15, 0.2) is 23.3 Å². The average Bonchev–Trinajstić information content (AvgIpc) is 2.56. The first-order valence-electron chi connectivity index (χ1n) is 8.11. The Morgan fingerprint density at radius 1 is 1.33 bits per heavy atom. The van der Waals surface area contributed by atoms with E-state index in [0.29, 0.717) is 24.8 Å². The van der Waals surface area contributed by atoms with Gasteiger partial charge in [0.05, 0.1) is 6.61 Å². The maximum absolute atomic E-state index is 11.6. The van der Waals surface area contributed by atoms with Gasteiger partial charge in [0.1, 0.15) is 0 Å². The summed E-state index contributed by atoms with van der Waals surface area (Å²) in [6, 6.07) is 6.14. The average molecular weight is 348 g/mol. The van der Waals surface area contributed by atoms with Crippen LogP contribution in [0.4, 0.5) is 10.5 Å². The summed E-state index contributed by atoms with van der Waals surface area (Å²) in [6.45, 7) is 7.54. The van der Waals surface area contributed by atoms with Crippen molar-refractivity contribution in [2.75, 3.05) is 25.0 Å². The van der Waals surface area contributed by atoms with Crippen LogP contribution in [0.5, 0.6) is 0 Å². The summed E-state index contributed by atoms with van der Waals surface area (Å²) in [7, 11) is 0. The van der Waals surface area contributed by atoms with Gasteiger partial charge in [-0.05, 0) is 44.6 Å². The minimum Gasteiger partial charge on any atom is -0.450 e. The summed E-state index contributed by atoms with van der Waals surface area (Å²) in [4.78, 5) is 13.4. The predicted octanol–water partition coefficient (Wildman–Crippen LogP) is 3.20. The number of nitrogens with one attached hydrogen (secondary N) is 2. The summed E-state index contributed by atoms with van der Waals surface area (Å²) in [5.74, 6) is 0. The van der Waals surface area contributed by atoms with Crippen molar-refractivity contribution in [3.8, 4) is 0 Å². The molecule has 1 aromatic carbocycles. The monoisotopic (exact) mass is 348 g/mol. The molecule has 1 amide bonds. The molecule has 1 fully saturated rings. The van der Waals surface area contributed by atoms with Crippen LogP contribution >= 0.6 is 12.2 Å². The summed E-state index contributed by atoms with van der Waals surface area (Å²) < 4.78 is 5.00. The van der Waals surface area contributed by atoms with Crippen molar-refractivity contribution < 1.29 is 9.53 Å². The maximum atomic E-state index is 11.6. The molecule has 0 aliphatic carbocycles. The normalized spacial score (nSPS) is 14.1. The van der Waals surface area contributed by atoms with Gasteiger partial charge < -0.3 is 15.0 Å². The Kier molecular flexibility index (Phi) is 6.54. The SMILES string of the molecule is CCOC(=O)N1CCC(=NNC(=S)Nc2ccc(C)cc2C)CC1. The Morgan fingerprint density at radius 2 is 2.04 bits per heavy atom. The van der Waals surface area contributed by atoms with E-state index in [1.807, 2.05) is 26.0 Å². The summed E-state index contributed by atoms with van der Waals surface area (Å²) in [5.41, 5.74) is 7.20. The van der Waals surface area contributed by atoms with Gasteiger partial charge in [-0.2, -0.15) is 5.10 Å². The number of piperidine rings is 1. The minimum absolute atomic E-state index is 0.253. The topological polar surface area (TPSA) is 66.0 Å². The molecule has 1 aromatic rings. The molecule has 1 saturated heterocycles. The molecule has 24 heavy (non-hydrogen) atoms. The Balaban J connectivity index is 1.81. The van der Waals surface area contributed by atoms with Crippen LogP contribution in [0.2, 0.25) is 0 Å². The van der Waals surface area contributed by atoms with Gasteiger partial charge in [0.25, 0.3) is 0 Å². The first-order chi connectivity index (χ1) is 11.5. The van der Waals surface area contributed by atoms with Crippen molar-refractivity contribution in [1.29, 1.82) is 0 Å². The van der Waals surface area contributed by atoms with Gasteiger partial charge in [-0.3, -0.25) is 5.43 Å². The lowest BCUT2D eigenvalue weighted by atomic mass is 10.1. The molecule has 0 saturated carbocycles. The lowest BCUT2D eigenvalue weighted by Crippen LogP contribution is -2.39. The Morgan fingerprint density at radius 3 is 2.67 bits per heavy atom. The molecule has 1 heterocycles. The smallest absolute Gasteiger partial charge is 0.409 e. The lowest BCUT2D eigenvalue weighted by Gasteiger charge is -2.26. The van der Waals surface area contributed by atoms with Crippen LogP contribution in [0.25, 0.3) is 0 Å². The zero-order chi connectivity index (χ0) is 17.5. The number of ether oxygens (including phenoxy) is 1. The summed E-state index contributed by atoms with van der Waals surface area (Å²) in [5, 5.41) is 7.96. The molecule has 2 N–H and O–H groups in total. The maximum Gasteiger partial charge on any atom is 0.409 e. The first-order valence-corrected chi connectivity index (χ1v) is 8.51. The zero-order valence-electron chi connectivity index (χ0n) is 14.4. The van der Waals surface area contributed by atoms with Crippen molar-refractivity contribution in [1.82, 2.24) is 10.3 Å². The number of hydrogen-bond acceptors (Lipinski definition) is 4. The fourth-order valence-electron chi connectivity index (χ4n) is 2.51. The number of likely N-dealkylation sites (tertiary alicyclic amines) is 1. The highest BCUT2D eigenvalue weighted by Crippen LogP contribution is 2.15. The van der Waals surface area contributed by atoms with E-state index in [-0.39, 0.29) is 6.09 Å². The third-order valence-electron chi connectivity index (χ3n) is 3.81. The number of hydrogen-bond donors (Lipinski definition) is 2. The van der Waals surface area contributed by atoms with Crippen LogP contribution < -0.4 is 10.7 Å². The number of nitrogens with zero attached hydrogens (tertiary/aromatic N) is 2. The number of benzene rings is 1. The molecule has 0 unspecified atom stereocenters. The van der Waals surface area contributed by atoms with Crippen molar-refractivity contribution in [3.63, 3.8) is 0 Å². The number of rotatable bonds is 3. The van der Waals surface area contributed by atoms with E-state index in [0.717, 1.165) is 29.8 Å². The molecule has 0 radical (unpaired) electrons. The van der Waals surface area contributed by atoms with Gasteiger partial charge in [-0.25, -0.2) is 4.79 Å². The fourth-order valence-corrected chi connectivity index (χ4v) is 2.66. The molecule has 7 heteroatoms. The van der Waals surface area contributed by atoms with Crippen LogP contribution in [0, 0.1) is 13.8 Å². The molecule has 0 spiro atoms. The third kappa shape index (κ3) is 5.19. The van der Waals surface area contributed by atoms with Gasteiger partial charge in [-0.15, -0.1) is 0 Å². The number of amides is 1. The molecule has 1 aliphatic heterocycles. The number of aryl methyl sites for hydroxylation is 2. The van der Waals surface area contributed by atoms with E-state index < -0.39 is 0 Å². The van der Waals surface area contributed by atoms with E-state index in [1.54, 1.807) is 4.90 Å². The second kappa shape index (κ2) is 8.63. The number of thiocarbonyl (C=S) groups is 1. The second-order valence-corrected chi connectivity index (χ2v) is 6.16. The molecule has 0 aromatic heterocycles.